The summed E-state index contributed by atoms with van der Waals surface area (Å²) in [5.41, 5.74) is 1.41. The highest BCUT2D eigenvalue weighted by molar-refractivity contribution is 9.10. The number of ether oxygens (including phenoxy) is 1. The topological polar surface area (TPSA) is 47.8 Å². The summed E-state index contributed by atoms with van der Waals surface area (Å²) in [6.45, 7) is 3.86. The van der Waals surface area contributed by atoms with Crippen LogP contribution in [-0.2, 0) is 4.74 Å². The first kappa shape index (κ1) is 12.8. The van der Waals surface area contributed by atoms with Gasteiger partial charge in [0.1, 0.15) is 5.56 Å². The van der Waals surface area contributed by atoms with Crippen molar-refractivity contribution in [2.45, 2.75) is 13.8 Å². The van der Waals surface area contributed by atoms with E-state index in [1.54, 1.807) is 19.2 Å². The van der Waals surface area contributed by atoms with Crippen molar-refractivity contribution in [3.63, 3.8) is 0 Å². The van der Waals surface area contributed by atoms with Crippen LogP contribution in [0.5, 0.6) is 0 Å². The summed E-state index contributed by atoms with van der Waals surface area (Å²) in [7, 11) is 0. The summed E-state index contributed by atoms with van der Waals surface area (Å²) in [6, 6.07) is 5.17. The molecule has 4 nitrogen and oxygen atoms in total. The Bertz CT molecular complexity index is 676. The van der Waals surface area contributed by atoms with Crippen LogP contribution in [-0.4, -0.2) is 17.0 Å². The molecule has 2 rings (SSSR count). The van der Waals surface area contributed by atoms with Gasteiger partial charge >= 0.3 is 5.97 Å². The molecule has 2 aromatic heterocycles. The predicted octanol–water partition coefficient (Wildman–Crippen LogP) is 2.55. The minimum Gasteiger partial charge on any atom is -0.462 e. The minimum atomic E-state index is -0.588. The van der Waals surface area contributed by atoms with Gasteiger partial charge in [-0.25, -0.2) is 4.79 Å². The molecule has 0 aromatic carbocycles. The first-order valence-corrected chi connectivity index (χ1v) is 6.32. The molecule has 0 atom stereocenters. The van der Waals surface area contributed by atoms with E-state index in [0.29, 0.717) is 0 Å². The fourth-order valence-electron chi connectivity index (χ4n) is 1.81. The Labute approximate surface area is 112 Å². The molecule has 0 spiro atoms. The lowest BCUT2D eigenvalue weighted by Crippen LogP contribution is -2.23. The summed E-state index contributed by atoms with van der Waals surface area (Å²) in [5, 5.41) is 0. The summed E-state index contributed by atoms with van der Waals surface area (Å²) < 4.78 is 7.09. The number of carbonyl (C=O) groups is 1. The summed E-state index contributed by atoms with van der Waals surface area (Å²) >= 11 is 3.33. The molecule has 2 heterocycles. The van der Waals surface area contributed by atoms with Gasteiger partial charge in [0.15, 0.2) is 0 Å². The number of rotatable bonds is 2. The third-order valence-corrected chi connectivity index (χ3v) is 3.06. The molecular formula is C13H12BrNO3. The van der Waals surface area contributed by atoms with Gasteiger partial charge in [0.25, 0.3) is 5.56 Å². The molecule has 0 fully saturated rings. The van der Waals surface area contributed by atoms with Gasteiger partial charge in [-0.15, -0.1) is 0 Å². The number of fused-ring (bicyclic) bond motifs is 1. The van der Waals surface area contributed by atoms with Crippen LogP contribution in [0.1, 0.15) is 22.8 Å². The summed E-state index contributed by atoms with van der Waals surface area (Å²) in [6.07, 6.45) is 1.65. The number of aryl methyl sites for hydroxylation is 1. The predicted molar refractivity (Wildman–Crippen MR) is 72.1 cm³/mol. The largest absolute Gasteiger partial charge is 0.462 e. The van der Waals surface area contributed by atoms with Gasteiger partial charge in [0, 0.05) is 10.7 Å². The number of hydrogen-bond donors (Lipinski definition) is 0. The Hall–Kier alpha value is -1.62. The van der Waals surface area contributed by atoms with Gasteiger partial charge < -0.3 is 4.74 Å². The molecular weight excluding hydrogens is 298 g/mol. The Kier molecular flexibility index (Phi) is 3.52. The van der Waals surface area contributed by atoms with Gasteiger partial charge in [-0.3, -0.25) is 9.20 Å². The van der Waals surface area contributed by atoms with Crippen molar-refractivity contribution < 1.29 is 9.53 Å². The van der Waals surface area contributed by atoms with Crippen LogP contribution in [0.2, 0.25) is 0 Å². The van der Waals surface area contributed by atoms with Gasteiger partial charge in [-0.05, 0) is 53.5 Å². The lowest BCUT2D eigenvalue weighted by molar-refractivity contribution is 0.0524. The number of hydrogen-bond acceptors (Lipinski definition) is 3. The number of aromatic nitrogens is 1. The van der Waals surface area contributed by atoms with Crippen molar-refractivity contribution in [2.24, 2.45) is 0 Å². The molecule has 0 unspecified atom stereocenters. The average Bonchev–Trinajstić information content (AvgIpc) is 2.30. The monoisotopic (exact) mass is 309 g/mol. The van der Waals surface area contributed by atoms with Gasteiger partial charge in [-0.2, -0.15) is 0 Å². The number of esters is 1. The average molecular weight is 310 g/mol. The molecule has 0 N–H and O–H groups in total. The zero-order valence-corrected chi connectivity index (χ0v) is 11.7. The van der Waals surface area contributed by atoms with Crippen LogP contribution in [0.4, 0.5) is 0 Å². The fraction of sp³-hybridized carbons (Fsp3) is 0.231. The zero-order chi connectivity index (χ0) is 13.3. The van der Waals surface area contributed by atoms with Crippen molar-refractivity contribution in [2.75, 3.05) is 6.61 Å². The molecule has 0 amide bonds. The second-order valence-electron chi connectivity index (χ2n) is 3.87. The number of carbonyl (C=O) groups excluding carboxylic acids is 1. The molecule has 0 saturated carbocycles. The van der Waals surface area contributed by atoms with E-state index in [-0.39, 0.29) is 17.7 Å². The van der Waals surface area contributed by atoms with E-state index < -0.39 is 5.97 Å². The number of nitrogens with zero attached hydrogens (tertiary/aromatic N) is 1. The maximum Gasteiger partial charge on any atom is 0.343 e. The normalized spacial score (nSPS) is 10.6. The van der Waals surface area contributed by atoms with Crippen LogP contribution >= 0.6 is 15.9 Å². The molecule has 94 valence electrons. The lowest BCUT2D eigenvalue weighted by Gasteiger charge is -2.07. The highest BCUT2D eigenvalue weighted by Gasteiger charge is 2.13. The van der Waals surface area contributed by atoms with E-state index in [4.69, 9.17) is 4.74 Å². The van der Waals surface area contributed by atoms with Crippen LogP contribution in [0, 0.1) is 6.92 Å². The molecule has 0 saturated heterocycles. The van der Waals surface area contributed by atoms with E-state index in [1.165, 1.54) is 10.5 Å². The van der Waals surface area contributed by atoms with Crippen LogP contribution < -0.4 is 5.56 Å². The lowest BCUT2D eigenvalue weighted by atomic mass is 10.2. The first-order valence-electron chi connectivity index (χ1n) is 5.53. The third kappa shape index (κ3) is 2.18. The molecule has 5 heteroatoms. The van der Waals surface area contributed by atoms with E-state index in [1.807, 2.05) is 13.0 Å². The van der Waals surface area contributed by atoms with Crippen LogP contribution in [0.25, 0.3) is 5.52 Å². The summed E-state index contributed by atoms with van der Waals surface area (Å²) in [4.78, 5) is 23.8. The van der Waals surface area contributed by atoms with E-state index >= 15 is 0 Å². The SMILES string of the molecule is CCOC(=O)c1ccc2c(C)cc(Br)cn2c1=O. The van der Waals surface area contributed by atoms with Crippen molar-refractivity contribution >= 4 is 27.4 Å². The second-order valence-corrected chi connectivity index (χ2v) is 4.78. The summed E-state index contributed by atoms with van der Waals surface area (Å²) in [5.74, 6) is -0.588. The van der Waals surface area contributed by atoms with Crippen molar-refractivity contribution in [1.82, 2.24) is 4.40 Å². The fourth-order valence-corrected chi connectivity index (χ4v) is 2.36. The maximum atomic E-state index is 12.2. The number of halogens is 1. The highest BCUT2D eigenvalue weighted by Crippen LogP contribution is 2.16. The van der Waals surface area contributed by atoms with Gasteiger partial charge in [0.2, 0.25) is 0 Å². The maximum absolute atomic E-state index is 12.2. The van der Waals surface area contributed by atoms with Crippen molar-refractivity contribution in [3.05, 3.63) is 50.3 Å². The van der Waals surface area contributed by atoms with Crippen LogP contribution in [0.15, 0.2) is 33.7 Å². The molecule has 0 aliphatic heterocycles. The molecule has 0 aliphatic carbocycles. The molecule has 0 radical (unpaired) electrons. The third-order valence-electron chi connectivity index (χ3n) is 2.62. The molecule has 2 aromatic rings. The smallest absolute Gasteiger partial charge is 0.343 e. The van der Waals surface area contributed by atoms with Gasteiger partial charge in [-0.1, -0.05) is 0 Å². The first-order chi connectivity index (χ1) is 8.54. The highest BCUT2D eigenvalue weighted by atomic mass is 79.9. The molecule has 18 heavy (non-hydrogen) atoms. The number of pyridine rings is 2. The quantitative estimate of drug-likeness (QED) is 0.801. The van der Waals surface area contributed by atoms with E-state index in [9.17, 15) is 9.59 Å². The molecule has 0 bridgehead atoms. The van der Waals surface area contributed by atoms with Crippen LogP contribution in [0.3, 0.4) is 0 Å². The van der Waals surface area contributed by atoms with Crippen molar-refractivity contribution in [1.29, 1.82) is 0 Å². The molecule has 0 aliphatic rings. The van der Waals surface area contributed by atoms with Crippen molar-refractivity contribution in [3.8, 4) is 0 Å². The Balaban J connectivity index is 2.71. The Morgan fingerprint density at radius 3 is 2.83 bits per heavy atom. The Morgan fingerprint density at radius 1 is 1.44 bits per heavy atom. The van der Waals surface area contributed by atoms with E-state index in [2.05, 4.69) is 15.9 Å². The van der Waals surface area contributed by atoms with Gasteiger partial charge in [0.05, 0.1) is 12.1 Å². The standard InChI is InChI=1S/C13H12BrNO3/c1-3-18-13(17)10-4-5-11-8(2)6-9(14)7-15(11)12(10)16/h4-7H,3H2,1-2H3. The Morgan fingerprint density at radius 2 is 2.17 bits per heavy atom. The van der Waals surface area contributed by atoms with E-state index in [0.717, 1.165) is 15.6 Å². The minimum absolute atomic E-state index is 0.0480. The second kappa shape index (κ2) is 4.94. The zero-order valence-electron chi connectivity index (χ0n) is 10.1.